The molecule has 0 radical (unpaired) electrons. The highest BCUT2D eigenvalue weighted by atomic mass is 16.3. The molecule has 1 atom stereocenters. The highest BCUT2D eigenvalue weighted by Gasteiger charge is 2.32. The number of nitrogen functional groups attached to an aromatic ring is 1. The number of fused-ring (bicyclic) bond motifs is 1. The van der Waals surface area contributed by atoms with Crippen molar-refractivity contribution >= 4 is 28.9 Å². The van der Waals surface area contributed by atoms with Crippen molar-refractivity contribution in [3.8, 4) is 5.75 Å². The zero-order chi connectivity index (χ0) is 19.8. The van der Waals surface area contributed by atoms with Crippen LogP contribution in [0.4, 0.5) is 23.0 Å². The molecule has 0 fully saturated rings. The molecule has 0 saturated heterocycles. The van der Waals surface area contributed by atoms with Crippen LogP contribution in [0.15, 0.2) is 52.7 Å². The van der Waals surface area contributed by atoms with Crippen LogP contribution in [0.1, 0.15) is 33.9 Å². The zero-order valence-electron chi connectivity index (χ0n) is 15.5. The molecule has 8 heteroatoms. The van der Waals surface area contributed by atoms with Crippen molar-refractivity contribution in [3.05, 3.63) is 59.2 Å². The Morgan fingerprint density at radius 1 is 1.14 bits per heavy atom. The number of nitrogens with two attached hydrogens (primary N) is 1. The normalized spacial score (nSPS) is 16.2. The van der Waals surface area contributed by atoms with E-state index >= 15 is 0 Å². The van der Waals surface area contributed by atoms with Gasteiger partial charge in [0.15, 0.2) is 17.3 Å². The van der Waals surface area contributed by atoms with E-state index in [9.17, 15) is 9.90 Å². The van der Waals surface area contributed by atoms with Gasteiger partial charge in [-0.2, -0.15) is 9.80 Å². The number of carbonyl (C=O) groups excluding carboxylic acids is 1. The maximum Gasteiger partial charge on any atom is 0.251 e. The molecule has 1 aromatic heterocycles. The number of benzene rings is 2. The average molecular weight is 376 g/mol. The van der Waals surface area contributed by atoms with Crippen molar-refractivity contribution in [2.45, 2.75) is 26.3 Å². The van der Waals surface area contributed by atoms with Gasteiger partial charge in [0.25, 0.3) is 5.91 Å². The lowest BCUT2D eigenvalue weighted by atomic mass is 9.93. The van der Waals surface area contributed by atoms with E-state index in [4.69, 9.17) is 5.73 Å². The summed E-state index contributed by atoms with van der Waals surface area (Å²) in [7, 11) is 0. The van der Waals surface area contributed by atoms with Crippen LogP contribution in [0.3, 0.4) is 0 Å². The maximum atomic E-state index is 12.7. The van der Waals surface area contributed by atoms with E-state index in [0.29, 0.717) is 17.2 Å². The number of carbonyl (C=O) groups is 1. The highest BCUT2D eigenvalue weighted by molar-refractivity contribution is 5.90. The van der Waals surface area contributed by atoms with Crippen LogP contribution >= 0.6 is 0 Å². The van der Waals surface area contributed by atoms with E-state index in [1.807, 2.05) is 32.0 Å². The second-order valence-electron chi connectivity index (χ2n) is 6.81. The Balaban J connectivity index is 1.72. The lowest BCUT2D eigenvalue weighted by Crippen LogP contribution is -2.29. The summed E-state index contributed by atoms with van der Waals surface area (Å²) in [6.45, 7) is 4.06. The topological polar surface area (TPSA) is 118 Å². The van der Waals surface area contributed by atoms with Gasteiger partial charge in [0, 0.05) is 0 Å². The molecule has 2 aromatic carbocycles. The summed E-state index contributed by atoms with van der Waals surface area (Å²) in [6, 6.07) is 12.2. The molecule has 2 heterocycles. The SMILES string of the molecule is Cc1cccc(C)c1C1CC(=O)n2nc(N)c(N=Nc3ccc(O)cc3)c2N1. The van der Waals surface area contributed by atoms with Gasteiger partial charge in [-0.25, -0.2) is 0 Å². The van der Waals surface area contributed by atoms with Gasteiger partial charge < -0.3 is 16.2 Å². The minimum absolute atomic E-state index is 0.125. The molecule has 0 saturated carbocycles. The van der Waals surface area contributed by atoms with E-state index < -0.39 is 0 Å². The summed E-state index contributed by atoms with van der Waals surface area (Å²) >= 11 is 0. The standard InChI is InChI=1S/C20H20N6O2/c1-11-4-3-5-12(2)17(11)15-10-16(28)26-20(22-15)18(19(21)25-26)24-23-13-6-8-14(27)9-7-13/h3-9,15,22,27H,10H2,1-2H3,(H2,21,25). The average Bonchev–Trinajstić information content (AvgIpc) is 2.97. The first kappa shape index (κ1) is 17.7. The number of anilines is 2. The molecule has 4 rings (SSSR count). The molecule has 3 aromatic rings. The Bertz CT molecular complexity index is 1060. The van der Waals surface area contributed by atoms with Crippen LogP contribution in [-0.2, 0) is 0 Å². The fourth-order valence-corrected chi connectivity index (χ4v) is 3.49. The monoisotopic (exact) mass is 376 g/mol. The molecule has 0 bridgehead atoms. The van der Waals surface area contributed by atoms with Gasteiger partial charge >= 0.3 is 0 Å². The summed E-state index contributed by atoms with van der Waals surface area (Å²) in [4.78, 5) is 12.7. The van der Waals surface area contributed by atoms with Gasteiger partial charge in [-0.15, -0.1) is 10.2 Å². The molecule has 0 amide bonds. The van der Waals surface area contributed by atoms with Gasteiger partial charge in [0.1, 0.15) is 5.75 Å². The fourth-order valence-electron chi connectivity index (χ4n) is 3.49. The van der Waals surface area contributed by atoms with E-state index in [2.05, 4.69) is 20.6 Å². The van der Waals surface area contributed by atoms with Crippen molar-refractivity contribution < 1.29 is 9.90 Å². The summed E-state index contributed by atoms with van der Waals surface area (Å²) < 4.78 is 1.25. The minimum Gasteiger partial charge on any atom is -0.508 e. The van der Waals surface area contributed by atoms with Crippen molar-refractivity contribution in [3.63, 3.8) is 0 Å². The van der Waals surface area contributed by atoms with Crippen molar-refractivity contribution in [2.24, 2.45) is 10.2 Å². The van der Waals surface area contributed by atoms with Gasteiger partial charge in [0.05, 0.1) is 18.2 Å². The molecule has 142 valence electrons. The van der Waals surface area contributed by atoms with Crippen LogP contribution in [0.5, 0.6) is 5.75 Å². The number of nitrogens with one attached hydrogen (secondary N) is 1. The Kier molecular flexibility index (Phi) is 4.31. The van der Waals surface area contributed by atoms with Gasteiger partial charge in [0.2, 0.25) is 0 Å². The number of hydrogen-bond donors (Lipinski definition) is 3. The summed E-state index contributed by atoms with van der Waals surface area (Å²) in [6.07, 6.45) is 0.272. The number of phenols is 1. The quantitative estimate of drug-likeness (QED) is 0.586. The van der Waals surface area contributed by atoms with Gasteiger partial charge in [-0.05, 0) is 54.8 Å². The Hall–Kier alpha value is -3.68. The van der Waals surface area contributed by atoms with Crippen LogP contribution in [0.2, 0.25) is 0 Å². The van der Waals surface area contributed by atoms with Crippen LogP contribution < -0.4 is 11.1 Å². The molecule has 1 aliphatic heterocycles. The smallest absolute Gasteiger partial charge is 0.251 e. The largest absolute Gasteiger partial charge is 0.508 e. The Labute approximate surface area is 161 Å². The first-order valence-electron chi connectivity index (χ1n) is 8.89. The zero-order valence-corrected chi connectivity index (χ0v) is 15.5. The van der Waals surface area contributed by atoms with E-state index in [0.717, 1.165) is 16.7 Å². The number of aromatic hydroxyl groups is 1. The molecule has 1 aliphatic rings. The fraction of sp³-hybridized carbons (Fsp3) is 0.200. The molecule has 1 unspecified atom stereocenters. The summed E-state index contributed by atoms with van der Waals surface area (Å²) in [5, 5.41) is 25.2. The number of azo groups is 1. The van der Waals surface area contributed by atoms with Crippen molar-refractivity contribution in [1.82, 2.24) is 9.78 Å². The number of hydrogen-bond acceptors (Lipinski definition) is 7. The maximum absolute atomic E-state index is 12.7. The molecular formula is C20H20N6O2. The lowest BCUT2D eigenvalue weighted by Gasteiger charge is -2.27. The predicted molar refractivity (Wildman–Crippen MR) is 106 cm³/mol. The first-order valence-corrected chi connectivity index (χ1v) is 8.89. The van der Waals surface area contributed by atoms with Crippen LogP contribution in [-0.4, -0.2) is 20.8 Å². The van der Waals surface area contributed by atoms with Gasteiger partial charge in [-0.3, -0.25) is 4.79 Å². The molecule has 0 spiro atoms. The number of rotatable bonds is 3. The van der Waals surface area contributed by atoms with E-state index in [-0.39, 0.29) is 29.9 Å². The van der Waals surface area contributed by atoms with Crippen molar-refractivity contribution in [2.75, 3.05) is 11.1 Å². The number of phenolic OH excluding ortho intramolecular Hbond substituents is 1. The molecular weight excluding hydrogens is 356 g/mol. The minimum atomic E-state index is -0.195. The second-order valence-corrected chi connectivity index (χ2v) is 6.81. The lowest BCUT2D eigenvalue weighted by molar-refractivity contribution is 0.0873. The summed E-state index contributed by atoms with van der Waals surface area (Å²) in [5.41, 5.74) is 10.2. The predicted octanol–water partition coefficient (Wildman–Crippen LogP) is 4.40. The third kappa shape index (κ3) is 3.09. The third-order valence-electron chi connectivity index (χ3n) is 4.82. The van der Waals surface area contributed by atoms with E-state index in [1.165, 1.54) is 16.8 Å². The highest BCUT2D eigenvalue weighted by Crippen LogP contribution is 2.40. The van der Waals surface area contributed by atoms with Crippen LogP contribution in [0.25, 0.3) is 0 Å². The molecule has 28 heavy (non-hydrogen) atoms. The van der Waals surface area contributed by atoms with E-state index in [1.54, 1.807) is 12.1 Å². The molecule has 0 aliphatic carbocycles. The Morgan fingerprint density at radius 2 is 1.82 bits per heavy atom. The molecule has 4 N–H and O–H groups in total. The number of aromatic nitrogens is 2. The Morgan fingerprint density at radius 3 is 2.50 bits per heavy atom. The van der Waals surface area contributed by atoms with Gasteiger partial charge in [-0.1, -0.05) is 18.2 Å². The third-order valence-corrected chi connectivity index (χ3v) is 4.82. The number of aryl methyl sites for hydroxylation is 2. The first-order chi connectivity index (χ1) is 13.4. The van der Waals surface area contributed by atoms with Crippen LogP contribution in [0, 0.1) is 13.8 Å². The second kappa shape index (κ2) is 6.80. The number of nitrogens with zero attached hydrogens (tertiary/aromatic N) is 4. The summed E-state index contributed by atoms with van der Waals surface area (Å²) in [5.74, 6) is 0.550. The van der Waals surface area contributed by atoms with Crippen molar-refractivity contribution in [1.29, 1.82) is 0 Å². The molecule has 8 nitrogen and oxygen atoms in total.